The zero-order valence-electron chi connectivity index (χ0n) is 14.2. The summed E-state index contributed by atoms with van der Waals surface area (Å²) >= 11 is 6.16. The SMILES string of the molecule is Oc1ccc(Cl)cc1[C@@H](Nc1ccccn1)c1ccc2cccnc2c1O. The van der Waals surface area contributed by atoms with Crippen LogP contribution in [-0.2, 0) is 0 Å². The highest BCUT2D eigenvalue weighted by molar-refractivity contribution is 6.30. The number of phenols is 2. The van der Waals surface area contributed by atoms with E-state index >= 15 is 0 Å². The smallest absolute Gasteiger partial charge is 0.147 e. The third-order valence-corrected chi connectivity index (χ3v) is 4.58. The highest BCUT2D eigenvalue weighted by atomic mass is 35.5. The summed E-state index contributed by atoms with van der Waals surface area (Å²) in [5, 5.41) is 25.9. The topological polar surface area (TPSA) is 78.3 Å². The number of hydrogen-bond donors (Lipinski definition) is 3. The fourth-order valence-corrected chi connectivity index (χ4v) is 3.23. The van der Waals surface area contributed by atoms with Crippen LogP contribution in [0.3, 0.4) is 0 Å². The van der Waals surface area contributed by atoms with Crippen LogP contribution in [0, 0.1) is 0 Å². The molecule has 0 unspecified atom stereocenters. The number of pyridine rings is 2. The van der Waals surface area contributed by atoms with Crippen LogP contribution in [0.4, 0.5) is 5.82 Å². The molecule has 5 nitrogen and oxygen atoms in total. The number of fused-ring (bicyclic) bond motifs is 1. The maximum Gasteiger partial charge on any atom is 0.147 e. The third-order valence-electron chi connectivity index (χ3n) is 4.35. The van der Waals surface area contributed by atoms with E-state index in [1.807, 2.05) is 36.4 Å². The van der Waals surface area contributed by atoms with Crippen molar-refractivity contribution in [2.45, 2.75) is 6.04 Å². The molecule has 0 amide bonds. The molecular formula is C21H16ClN3O2. The molecule has 2 heterocycles. The van der Waals surface area contributed by atoms with Gasteiger partial charge in [-0.1, -0.05) is 35.9 Å². The number of hydrogen-bond acceptors (Lipinski definition) is 5. The molecular weight excluding hydrogens is 362 g/mol. The first-order valence-corrected chi connectivity index (χ1v) is 8.74. The monoisotopic (exact) mass is 377 g/mol. The normalized spacial score (nSPS) is 12.0. The zero-order chi connectivity index (χ0) is 18.8. The highest BCUT2D eigenvalue weighted by Gasteiger charge is 2.23. The molecule has 2 aromatic carbocycles. The lowest BCUT2D eigenvalue weighted by Crippen LogP contribution is -2.14. The van der Waals surface area contributed by atoms with Crippen LogP contribution in [0.15, 0.2) is 73.1 Å². The number of aromatic nitrogens is 2. The molecule has 134 valence electrons. The summed E-state index contributed by atoms with van der Waals surface area (Å²) in [6, 6.07) is 17.1. The van der Waals surface area contributed by atoms with Gasteiger partial charge in [0.1, 0.15) is 22.8 Å². The molecule has 0 fully saturated rings. The van der Waals surface area contributed by atoms with Gasteiger partial charge in [-0.25, -0.2) is 4.98 Å². The van der Waals surface area contributed by atoms with Gasteiger partial charge in [0.15, 0.2) is 0 Å². The van der Waals surface area contributed by atoms with Crippen LogP contribution in [0.1, 0.15) is 17.2 Å². The highest BCUT2D eigenvalue weighted by Crippen LogP contribution is 2.39. The molecule has 0 radical (unpaired) electrons. The lowest BCUT2D eigenvalue weighted by Gasteiger charge is -2.23. The van der Waals surface area contributed by atoms with Crippen LogP contribution in [0.25, 0.3) is 10.9 Å². The number of nitrogens with one attached hydrogen (secondary N) is 1. The number of aromatic hydroxyl groups is 2. The maximum atomic E-state index is 10.9. The molecule has 0 aliphatic carbocycles. The van der Waals surface area contributed by atoms with Crippen molar-refractivity contribution in [2.75, 3.05) is 5.32 Å². The summed E-state index contributed by atoms with van der Waals surface area (Å²) in [7, 11) is 0. The zero-order valence-corrected chi connectivity index (χ0v) is 14.9. The quantitative estimate of drug-likeness (QED) is 0.471. The van der Waals surface area contributed by atoms with Crippen molar-refractivity contribution in [2.24, 2.45) is 0 Å². The summed E-state index contributed by atoms with van der Waals surface area (Å²) in [4.78, 5) is 8.57. The van der Waals surface area contributed by atoms with Gasteiger partial charge in [0.05, 0.1) is 6.04 Å². The van der Waals surface area contributed by atoms with Crippen LogP contribution in [0.2, 0.25) is 5.02 Å². The Kier molecular flexibility index (Phi) is 4.52. The number of anilines is 1. The van der Waals surface area contributed by atoms with Gasteiger partial charge in [0.2, 0.25) is 0 Å². The number of benzene rings is 2. The molecule has 0 saturated heterocycles. The summed E-state index contributed by atoms with van der Waals surface area (Å²) < 4.78 is 0. The van der Waals surface area contributed by atoms with E-state index in [0.717, 1.165) is 5.39 Å². The van der Waals surface area contributed by atoms with E-state index in [-0.39, 0.29) is 11.5 Å². The second-order valence-electron chi connectivity index (χ2n) is 6.07. The van der Waals surface area contributed by atoms with Crippen molar-refractivity contribution >= 4 is 28.3 Å². The van der Waals surface area contributed by atoms with E-state index < -0.39 is 6.04 Å². The van der Waals surface area contributed by atoms with Crippen LogP contribution in [0.5, 0.6) is 11.5 Å². The van der Waals surface area contributed by atoms with Crippen LogP contribution >= 0.6 is 11.6 Å². The van der Waals surface area contributed by atoms with Crippen LogP contribution < -0.4 is 5.32 Å². The van der Waals surface area contributed by atoms with Gasteiger partial charge < -0.3 is 15.5 Å². The molecule has 0 aliphatic heterocycles. The Bertz CT molecular complexity index is 1100. The lowest BCUT2D eigenvalue weighted by atomic mass is 9.95. The number of halogens is 1. The van der Waals surface area contributed by atoms with E-state index in [2.05, 4.69) is 15.3 Å². The third kappa shape index (κ3) is 3.37. The average Bonchev–Trinajstić information content (AvgIpc) is 2.70. The standard InChI is InChI=1S/C21H16ClN3O2/c22-14-7-9-17(26)16(12-14)20(25-18-5-1-2-10-23-18)15-8-6-13-4-3-11-24-19(13)21(15)27/h1-12,20,26-27H,(H,23,25)/t20-/m0/s1. The summed E-state index contributed by atoms with van der Waals surface area (Å²) in [5.41, 5.74) is 1.58. The molecule has 3 N–H and O–H groups in total. The fraction of sp³-hybridized carbons (Fsp3) is 0.0476. The Morgan fingerprint density at radius 1 is 0.852 bits per heavy atom. The largest absolute Gasteiger partial charge is 0.508 e. The number of phenolic OH excluding ortho intramolecular Hbond substituents is 2. The van der Waals surface area contributed by atoms with Gasteiger partial charge in [-0.3, -0.25) is 4.98 Å². The summed E-state index contributed by atoms with van der Waals surface area (Å²) in [6.45, 7) is 0. The van der Waals surface area contributed by atoms with E-state index in [1.54, 1.807) is 30.6 Å². The van der Waals surface area contributed by atoms with Gasteiger partial charge in [0.25, 0.3) is 0 Å². The molecule has 0 aliphatic rings. The van der Waals surface area contributed by atoms with Gasteiger partial charge in [-0.2, -0.15) is 0 Å². The molecule has 27 heavy (non-hydrogen) atoms. The van der Waals surface area contributed by atoms with Crippen molar-refractivity contribution in [3.8, 4) is 11.5 Å². The fourth-order valence-electron chi connectivity index (χ4n) is 3.05. The summed E-state index contributed by atoms with van der Waals surface area (Å²) in [5.74, 6) is 0.705. The van der Waals surface area contributed by atoms with Crippen molar-refractivity contribution in [1.82, 2.24) is 9.97 Å². The molecule has 2 aromatic heterocycles. The first-order valence-electron chi connectivity index (χ1n) is 8.36. The maximum absolute atomic E-state index is 10.9. The molecule has 4 rings (SSSR count). The second kappa shape index (κ2) is 7.13. The Balaban J connectivity index is 1.90. The Morgan fingerprint density at radius 3 is 2.52 bits per heavy atom. The minimum atomic E-state index is -0.579. The number of rotatable bonds is 4. The van der Waals surface area contributed by atoms with E-state index in [1.165, 1.54) is 6.07 Å². The molecule has 1 atom stereocenters. The first kappa shape index (κ1) is 17.1. The number of nitrogens with zero attached hydrogens (tertiary/aromatic N) is 2. The summed E-state index contributed by atoms with van der Waals surface area (Å²) in [6.07, 6.45) is 3.29. The molecule has 4 aromatic rings. The lowest BCUT2D eigenvalue weighted by molar-refractivity contribution is 0.460. The predicted octanol–water partition coefficient (Wildman–Crippen LogP) is 4.90. The van der Waals surface area contributed by atoms with Gasteiger partial charge in [0, 0.05) is 33.9 Å². The second-order valence-corrected chi connectivity index (χ2v) is 6.51. The van der Waals surface area contributed by atoms with Crippen molar-refractivity contribution in [3.63, 3.8) is 0 Å². The molecule has 0 spiro atoms. The average molecular weight is 378 g/mol. The minimum absolute atomic E-state index is 0.0425. The van der Waals surface area contributed by atoms with Gasteiger partial charge >= 0.3 is 0 Å². The van der Waals surface area contributed by atoms with Crippen molar-refractivity contribution < 1.29 is 10.2 Å². The van der Waals surface area contributed by atoms with Gasteiger partial charge in [-0.15, -0.1) is 0 Å². The minimum Gasteiger partial charge on any atom is -0.508 e. The van der Waals surface area contributed by atoms with E-state index in [9.17, 15) is 10.2 Å². The van der Waals surface area contributed by atoms with Crippen LogP contribution in [-0.4, -0.2) is 20.2 Å². The van der Waals surface area contributed by atoms with Crippen molar-refractivity contribution in [1.29, 1.82) is 0 Å². The van der Waals surface area contributed by atoms with E-state index in [0.29, 0.717) is 27.5 Å². The first-order chi connectivity index (χ1) is 13.1. The molecule has 0 saturated carbocycles. The predicted molar refractivity (Wildman–Crippen MR) is 106 cm³/mol. The molecule has 0 bridgehead atoms. The van der Waals surface area contributed by atoms with E-state index in [4.69, 9.17) is 11.6 Å². The van der Waals surface area contributed by atoms with Gasteiger partial charge in [-0.05, 0) is 36.4 Å². The molecule has 6 heteroatoms. The Labute approximate surface area is 160 Å². The Hall–Kier alpha value is -3.31. The Morgan fingerprint density at radius 2 is 1.70 bits per heavy atom. The van der Waals surface area contributed by atoms with Crippen molar-refractivity contribution in [3.05, 3.63) is 89.2 Å².